The van der Waals surface area contributed by atoms with Gasteiger partial charge in [-0.1, -0.05) is 5.57 Å². The van der Waals surface area contributed by atoms with Crippen LogP contribution in [0.5, 0.6) is 5.75 Å². The van der Waals surface area contributed by atoms with E-state index < -0.39 is 35.4 Å². The van der Waals surface area contributed by atoms with Crippen molar-refractivity contribution in [3.8, 4) is 5.75 Å². The molecule has 1 aliphatic rings. The van der Waals surface area contributed by atoms with Crippen molar-refractivity contribution in [2.45, 2.75) is 52.4 Å². The fourth-order valence-electron chi connectivity index (χ4n) is 3.25. The first-order valence-corrected chi connectivity index (χ1v) is 8.87. The van der Waals surface area contributed by atoms with E-state index in [9.17, 15) is 14.4 Å². The SMILES string of the molecule is CC(=O)OC1C(OC(=O)C=C(C)C)c2c(ccc3ccc(=O)oc23)OC1(C)C. The second-order valence-corrected chi connectivity index (χ2v) is 7.46. The van der Waals surface area contributed by atoms with Crippen molar-refractivity contribution in [1.82, 2.24) is 0 Å². The summed E-state index contributed by atoms with van der Waals surface area (Å²) in [5.41, 5.74) is -0.199. The van der Waals surface area contributed by atoms with Gasteiger partial charge >= 0.3 is 17.6 Å². The van der Waals surface area contributed by atoms with E-state index in [4.69, 9.17) is 18.6 Å². The molecule has 3 rings (SSSR count). The highest BCUT2D eigenvalue weighted by molar-refractivity contribution is 5.86. The number of fused-ring (bicyclic) bond motifs is 3. The number of ether oxygens (including phenoxy) is 3. The van der Waals surface area contributed by atoms with Gasteiger partial charge in [0.25, 0.3) is 0 Å². The summed E-state index contributed by atoms with van der Waals surface area (Å²) < 4.78 is 22.6. The normalized spacial score (nSPS) is 19.9. The van der Waals surface area contributed by atoms with Crippen LogP contribution < -0.4 is 10.4 Å². The minimum atomic E-state index is -1.01. The smallest absolute Gasteiger partial charge is 0.336 e. The lowest BCUT2D eigenvalue weighted by molar-refractivity contribution is -0.186. The lowest BCUT2D eigenvalue weighted by atomic mass is 9.87. The minimum absolute atomic E-state index is 0.229. The summed E-state index contributed by atoms with van der Waals surface area (Å²) in [6.07, 6.45) is -0.614. The molecule has 0 spiro atoms. The number of rotatable bonds is 3. The molecule has 0 bridgehead atoms. The first-order chi connectivity index (χ1) is 13.1. The Bertz CT molecular complexity index is 1020. The van der Waals surface area contributed by atoms with E-state index in [2.05, 4.69) is 0 Å². The molecule has 1 aromatic carbocycles. The van der Waals surface area contributed by atoms with Crippen molar-refractivity contribution in [3.05, 3.63) is 51.9 Å². The molecule has 28 heavy (non-hydrogen) atoms. The van der Waals surface area contributed by atoms with Crippen LogP contribution in [0.15, 0.2) is 45.1 Å². The van der Waals surface area contributed by atoms with E-state index in [0.29, 0.717) is 16.7 Å². The van der Waals surface area contributed by atoms with Gasteiger partial charge in [0.2, 0.25) is 0 Å². The molecule has 0 aliphatic carbocycles. The molecule has 2 aromatic rings. The van der Waals surface area contributed by atoms with E-state index >= 15 is 0 Å². The third-order valence-corrected chi connectivity index (χ3v) is 4.35. The molecule has 2 unspecified atom stereocenters. The molecular weight excluding hydrogens is 364 g/mol. The number of carbonyl (C=O) groups excluding carboxylic acids is 2. The summed E-state index contributed by atoms with van der Waals surface area (Å²) in [5.74, 6) is -0.749. The lowest BCUT2D eigenvalue weighted by Gasteiger charge is -2.43. The number of hydrogen-bond acceptors (Lipinski definition) is 7. The summed E-state index contributed by atoms with van der Waals surface area (Å²) in [5, 5.41) is 0.631. The fourth-order valence-corrected chi connectivity index (χ4v) is 3.25. The van der Waals surface area contributed by atoms with Crippen LogP contribution >= 0.6 is 0 Å². The van der Waals surface area contributed by atoms with Crippen LogP contribution in [0.25, 0.3) is 11.0 Å². The summed E-state index contributed by atoms with van der Waals surface area (Å²) in [4.78, 5) is 36.0. The molecule has 148 valence electrons. The topological polar surface area (TPSA) is 92.0 Å². The van der Waals surface area contributed by atoms with E-state index in [1.54, 1.807) is 45.9 Å². The van der Waals surface area contributed by atoms with Gasteiger partial charge < -0.3 is 18.6 Å². The zero-order chi connectivity index (χ0) is 20.6. The van der Waals surface area contributed by atoms with Crippen LogP contribution in [0, 0.1) is 0 Å². The maximum atomic E-state index is 12.4. The molecular formula is C21H22O7. The second-order valence-electron chi connectivity index (χ2n) is 7.46. The highest BCUT2D eigenvalue weighted by Gasteiger charge is 2.49. The second kappa shape index (κ2) is 7.14. The third-order valence-electron chi connectivity index (χ3n) is 4.35. The maximum Gasteiger partial charge on any atom is 0.336 e. The largest absolute Gasteiger partial charge is 0.483 e. The zero-order valence-electron chi connectivity index (χ0n) is 16.4. The molecule has 2 atom stereocenters. The van der Waals surface area contributed by atoms with Crippen molar-refractivity contribution >= 4 is 22.9 Å². The Morgan fingerprint density at radius 2 is 1.75 bits per heavy atom. The molecule has 0 radical (unpaired) electrons. The van der Waals surface area contributed by atoms with E-state index in [1.165, 1.54) is 19.1 Å². The zero-order valence-corrected chi connectivity index (χ0v) is 16.4. The van der Waals surface area contributed by atoms with Gasteiger partial charge in [-0.3, -0.25) is 4.79 Å². The average molecular weight is 386 g/mol. The Morgan fingerprint density at radius 1 is 1.07 bits per heavy atom. The Balaban J connectivity index is 2.24. The van der Waals surface area contributed by atoms with Gasteiger partial charge in [0.1, 0.15) is 16.9 Å². The minimum Gasteiger partial charge on any atom is -0.483 e. The number of esters is 2. The van der Waals surface area contributed by atoms with E-state index in [0.717, 1.165) is 5.57 Å². The van der Waals surface area contributed by atoms with Crippen LogP contribution in [0.2, 0.25) is 0 Å². The summed E-state index contributed by atoms with van der Waals surface area (Å²) >= 11 is 0. The van der Waals surface area contributed by atoms with Gasteiger partial charge in [-0.25, -0.2) is 9.59 Å². The van der Waals surface area contributed by atoms with Gasteiger partial charge in [0.15, 0.2) is 12.2 Å². The van der Waals surface area contributed by atoms with Crippen LogP contribution in [-0.4, -0.2) is 23.6 Å². The summed E-state index contributed by atoms with van der Waals surface area (Å²) in [7, 11) is 0. The maximum absolute atomic E-state index is 12.4. The molecule has 0 N–H and O–H groups in total. The van der Waals surface area contributed by atoms with E-state index in [-0.39, 0.29) is 5.58 Å². The van der Waals surface area contributed by atoms with Crippen LogP contribution in [0.3, 0.4) is 0 Å². The third kappa shape index (κ3) is 3.78. The summed E-state index contributed by atoms with van der Waals surface area (Å²) in [6, 6.07) is 6.37. The molecule has 1 aromatic heterocycles. The molecule has 0 fully saturated rings. The Hall–Kier alpha value is -3.09. The fraction of sp³-hybridized carbons (Fsp3) is 0.381. The standard InChI is InChI=1S/C21H22O7/c1-11(2)10-16(24)27-19-17-14(28-21(4,5)20(19)25-12(3)22)8-6-13-7-9-15(23)26-18(13)17/h6-10,19-20H,1-5H3. The molecule has 0 saturated heterocycles. The van der Waals surface area contributed by atoms with Crippen molar-refractivity contribution < 1.29 is 28.2 Å². The molecule has 0 saturated carbocycles. The molecule has 0 amide bonds. The van der Waals surface area contributed by atoms with E-state index in [1.807, 2.05) is 0 Å². The van der Waals surface area contributed by atoms with Crippen LogP contribution in [0.4, 0.5) is 0 Å². The Kier molecular flexibility index (Phi) is 5.02. The highest BCUT2D eigenvalue weighted by Crippen LogP contribution is 2.46. The van der Waals surface area contributed by atoms with Gasteiger partial charge in [-0.2, -0.15) is 0 Å². The molecule has 7 nitrogen and oxygen atoms in total. The Morgan fingerprint density at radius 3 is 2.39 bits per heavy atom. The van der Waals surface area contributed by atoms with Crippen LogP contribution in [0.1, 0.15) is 46.3 Å². The van der Waals surface area contributed by atoms with Gasteiger partial charge in [-0.05, 0) is 45.9 Å². The average Bonchev–Trinajstić information content (AvgIpc) is 2.56. The van der Waals surface area contributed by atoms with Crippen molar-refractivity contribution in [1.29, 1.82) is 0 Å². The quantitative estimate of drug-likeness (QED) is 0.453. The number of allylic oxidation sites excluding steroid dienone is 1. The first-order valence-electron chi connectivity index (χ1n) is 8.87. The van der Waals surface area contributed by atoms with Crippen molar-refractivity contribution in [2.24, 2.45) is 0 Å². The number of benzene rings is 1. The number of carbonyl (C=O) groups is 2. The monoisotopic (exact) mass is 386 g/mol. The predicted octanol–water partition coefficient (Wildman–Crippen LogP) is 3.45. The first kappa shape index (κ1) is 19.7. The van der Waals surface area contributed by atoms with Crippen molar-refractivity contribution in [3.63, 3.8) is 0 Å². The molecule has 2 heterocycles. The number of hydrogen-bond donors (Lipinski definition) is 0. The van der Waals surface area contributed by atoms with Gasteiger partial charge in [0.05, 0.1) is 5.56 Å². The van der Waals surface area contributed by atoms with Crippen LogP contribution in [-0.2, 0) is 19.1 Å². The molecule has 1 aliphatic heterocycles. The van der Waals surface area contributed by atoms with Gasteiger partial charge in [-0.15, -0.1) is 0 Å². The lowest BCUT2D eigenvalue weighted by Crippen LogP contribution is -2.52. The Labute approximate surface area is 161 Å². The van der Waals surface area contributed by atoms with Crippen molar-refractivity contribution in [2.75, 3.05) is 0 Å². The highest BCUT2D eigenvalue weighted by atomic mass is 16.6. The summed E-state index contributed by atoms with van der Waals surface area (Å²) in [6.45, 7) is 8.26. The van der Waals surface area contributed by atoms with Gasteiger partial charge in [0, 0.05) is 24.5 Å². The predicted molar refractivity (Wildman–Crippen MR) is 101 cm³/mol. The molecule has 7 heteroatoms.